The van der Waals surface area contributed by atoms with Gasteiger partial charge in [-0.2, -0.15) is 4.52 Å². The highest BCUT2D eigenvalue weighted by atomic mass is 16.4. The smallest absolute Gasteiger partial charge is 0.306 e. The molecule has 1 saturated heterocycles. The topological polar surface area (TPSA) is 96.5 Å². The molecule has 1 aliphatic rings. The molecule has 0 radical (unpaired) electrons. The van der Waals surface area contributed by atoms with E-state index < -0.39 is 5.97 Å². The maximum atomic E-state index is 11.1. The van der Waals surface area contributed by atoms with E-state index in [2.05, 4.69) is 25.4 Å². The summed E-state index contributed by atoms with van der Waals surface area (Å²) < 4.78 is 1.68. The number of carbonyl (C=O) groups is 1. The van der Waals surface area contributed by atoms with E-state index in [-0.39, 0.29) is 5.92 Å². The van der Waals surface area contributed by atoms with Crippen molar-refractivity contribution in [2.24, 2.45) is 5.92 Å². The number of aromatic nitrogens is 5. The first-order chi connectivity index (χ1) is 10.7. The lowest BCUT2D eigenvalue weighted by atomic mass is 9.97. The van der Waals surface area contributed by atoms with Crippen molar-refractivity contribution in [1.29, 1.82) is 0 Å². The Morgan fingerprint density at radius 3 is 2.77 bits per heavy atom. The van der Waals surface area contributed by atoms with Gasteiger partial charge in [-0.25, -0.2) is 4.98 Å². The lowest BCUT2D eigenvalue weighted by molar-refractivity contribution is -0.142. The van der Waals surface area contributed by atoms with Crippen LogP contribution in [-0.4, -0.2) is 49.2 Å². The summed E-state index contributed by atoms with van der Waals surface area (Å²) in [7, 11) is 0. The van der Waals surface area contributed by atoms with Crippen molar-refractivity contribution >= 4 is 28.5 Å². The Kier molecular flexibility index (Phi) is 2.88. The van der Waals surface area contributed by atoms with Crippen LogP contribution in [0.1, 0.15) is 12.8 Å². The molecule has 0 bridgehead atoms. The molecule has 1 fully saturated rings. The summed E-state index contributed by atoms with van der Waals surface area (Å²) in [6.45, 7) is 1.29. The molecule has 0 unspecified atom stereocenters. The zero-order valence-electron chi connectivity index (χ0n) is 11.8. The lowest BCUT2D eigenvalue weighted by Gasteiger charge is -2.30. The van der Waals surface area contributed by atoms with Crippen LogP contribution in [0.15, 0.2) is 24.3 Å². The van der Waals surface area contributed by atoms with Crippen LogP contribution in [-0.2, 0) is 4.79 Å². The highest BCUT2D eigenvalue weighted by molar-refractivity contribution is 5.82. The maximum Gasteiger partial charge on any atom is 0.306 e. The molecule has 1 N–H and O–H groups in total. The van der Waals surface area contributed by atoms with Gasteiger partial charge in [-0.1, -0.05) is 12.1 Å². The average Bonchev–Trinajstić information content (AvgIpc) is 3.04. The Hall–Kier alpha value is -2.77. The number of carboxylic acids is 1. The van der Waals surface area contributed by atoms with Crippen LogP contribution in [0.3, 0.4) is 0 Å². The third-order valence-corrected chi connectivity index (χ3v) is 4.15. The number of fused-ring (bicyclic) bond motifs is 3. The molecule has 0 amide bonds. The van der Waals surface area contributed by atoms with Gasteiger partial charge in [-0.3, -0.25) is 4.79 Å². The van der Waals surface area contributed by atoms with Gasteiger partial charge in [0.25, 0.3) is 0 Å². The molecule has 3 heterocycles. The molecule has 112 valence electrons. The van der Waals surface area contributed by atoms with Gasteiger partial charge in [0.2, 0.25) is 5.65 Å². The van der Waals surface area contributed by atoms with Crippen LogP contribution in [0.2, 0.25) is 0 Å². The Balaban J connectivity index is 1.78. The summed E-state index contributed by atoms with van der Waals surface area (Å²) in [6, 6.07) is 7.69. The second-order valence-electron chi connectivity index (χ2n) is 5.44. The summed E-state index contributed by atoms with van der Waals surface area (Å²) in [6.07, 6.45) is 1.22. The minimum atomic E-state index is -0.722. The van der Waals surface area contributed by atoms with E-state index >= 15 is 0 Å². The SMILES string of the molecule is O=C(O)C1CCN(c2nc3ccccc3n3nnnc23)CC1. The highest BCUT2D eigenvalue weighted by Crippen LogP contribution is 2.26. The third-order valence-electron chi connectivity index (χ3n) is 4.15. The largest absolute Gasteiger partial charge is 0.481 e. The number of hydrogen-bond acceptors (Lipinski definition) is 6. The fourth-order valence-corrected chi connectivity index (χ4v) is 2.94. The number of hydrogen-bond donors (Lipinski definition) is 1. The van der Waals surface area contributed by atoms with Crippen LogP contribution < -0.4 is 4.90 Å². The Morgan fingerprint density at radius 2 is 2.00 bits per heavy atom. The number of aliphatic carboxylic acids is 1. The summed E-state index contributed by atoms with van der Waals surface area (Å²) in [5.41, 5.74) is 2.27. The van der Waals surface area contributed by atoms with Crippen molar-refractivity contribution in [2.45, 2.75) is 12.8 Å². The zero-order chi connectivity index (χ0) is 15.1. The van der Waals surface area contributed by atoms with Gasteiger partial charge in [0.05, 0.1) is 17.0 Å². The lowest BCUT2D eigenvalue weighted by Crippen LogP contribution is -2.37. The summed E-state index contributed by atoms with van der Waals surface area (Å²) >= 11 is 0. The minimum Gasteiger partial charge on any atom is -0.481 e. The van der Waals surface area contributed by atoms with Gasteiger partial charge in [0, 0.05) is 13.1 Å². The molecular weight excluding hydrogens is 284 g/mol. The molecule has 22 heavy (non-hydrogen) atoms. The van der Waals surface area contributed by atoms with E-state index in [0.29, 0.717) is 37.4 Å². The molecule has 1 aromatic carbocycles. The minimum absolute atomic E-state index is 0.274. The number of piperidine rings is 1. The predicted octanol–water partition coefficient (Wildman–Crippen LogP) is 0.973. The Labute approximate surface area is 125 Å². The van der Waals surface area contributed by atoms with Crippen molar-refractivity contribution in [1.82, 2.24) is 25.0 Å². The molecular formula is C14H14N6O2. The predicted molar refractivity (Wildman–Crippen MR) is 78.7 cm³/mol. The fraction of sp³-hybridized carbons (Fsp3) is 0.357. The molecule has 0 saturated carbocycles. The standard InChI is InChI=1S/C14H14N6O2/c21-14(22)9-5-7-19(8-6-9)12-13-16-17-18-20(13)11-4-2-1-3-10(11)15-12/h1-4,9H,5-8H2,(H,21,22). The van der Waals surface area contributed by atoms with Gasteiger partial charge in [-0.05, 0) is 35.4 Å². The van der Waals surface area contributed by atoms with Crippen LogP contribution in [0.25, 0.3) is 16.7 Å². The van der Waals surface area contributed by atoms with Crippen LogP contribution in [0.5, 0.6) is 0 Å². The van der Waals surface area contributed by atoms with Crippen LogP contribution in [0, 0.1) is 5.92 Å². The first kappa shape index (κ1) is 12.9. The number of benzene rings is 1. The zero-order valence-corrected chi connectivity index (χ0v) is 11.8. The Morgan fingerprint density at radius 1 is 1.23 bits per heavy atom. The summed E-state index contributed by atoms with van der Waals surface area (Å²) in [5.74, 6) is -0.281. The number of carboxylic acid groups (broad SMARTS) is 1. The van der Waals surface area contributed by atoms with Crippen LogP contribution in [0.4, 0.5) is 5.82 Å². The summed E-state index contributed by atoms with van der Waals surface area (Å²) in [4.78, 5) is 17.8. The molecule has 4 rings (SSSR count). The quantitative estimate of drug-likeness (QED) is 0.753. The molecule has 0 atom stereocenters. The van der Waals surface area contributed by atoms with E-state index in [1.165, 1.54) is 0 Å². The second-order valence-corrected chi connectivity index (χ2v) is 5.44. The summed E-state index contributed by atoms with van der Waals surface area (Å²) in [5, 5.41) is 21.0. The van der Waals surface area contributed by atoms with Gasteiger partial charge < -0.3 is 10.0 Å². The van der Waals surface area contributed by atoms with Gasteiger partial charge in [-0.15, -0.1) is 5.10 Å². The number of rotatable bonds is 2. The van der Waals surface area contributed by atoms with E-state index in [0.717, 1.165) is 11.0 Å². The van der Waals surface area contributed by atoms with E-state index in [1.807, 2.05) is 24.3 Å². The Bertz CT molecular complexity index is 853. The molecule has 2 aromatic heterocycles. The number of para-hydroxylation sites is 2. The monoisotopic (exact) mass is 298 g/mol. The number of tetrazole rings is 1. The third kappa shape index (κ3) is 1.95. The molecule has 3 aromatic rings. The molecule has 0 spiro atoms. The van der Waals surface area contributed by atoms with Crippen molar-refractivity contribution in [3.05, 3.63) is 24.3 Å². The van der Waals surface area contributed by atoms with Crippen molar-refractivity contribution in [3.63, 3.8) is 0 Å². The molecule has 8 nitrogen and oxygen atoms in total. The first-order valence-corrected chi connectivity index (χ1v) is 7.18. The normalized spacial score (nSPS) is 16.5. The fourth-order valence-electron chi connectivity index (χ4n) is 2.94. The van der Waals surface area contributed by atoms with Gasteiger partial charge in [0.15, 0.2) is 5.82 Å². The molecule has 0 aliphatic carbocycles. The van der Waals surface area contributed by atoms with Crippen LogP contribution >= 0.6 is 0 Å². The molecule has 8 heteroatoms. The number of nitrogens with zero attached hydrogens (tertiary/aromatic N) is 6. The number of anilines is 1. The maximum absolute atomic E-state index is 11.1. The molecule has 1 aliphatic heterocycles. The van der Waals surface area contributed by atoms with Crippen molar-refractivity contribution in [2.75, 3.05) is 18.0 Å². The highest BCUT2D eigenvalue weighted by Gasteiger charge is 2.27. The van der Waals surface area contributed by atoms with E-state index in [1.54, 1.807) is 4.52 Å². The van der Waals surface area contributed by atoms with E-state index in [9.17, 15) is 4.79 Å². The van der Waals surface area contributed by atoms with E-state index in [4.69, 9.17) is 5.11 Å². The van der Waals surface area contributed by atoms with Gasteiger partial charge in [0.1, 0.15) is 0 Å². The first-order valence-electron chi connectivity index (χ1n) is 7.18. The second kappa shape index (κ2) is 4.90. The van der Waals surface area contributed by atoms with Crippen molar-refractivity contribution < 1.29 is 9.90 Å². The van der Waals surface area contributed by atoms with Crippen molar-refractivity contribution in [3.8, 4) is 0 Å². The average molecular weight is 298 g/mol. The van der Waals surface area contributed by atoms with Gasteiger partial charge >= 0.3 is 5.97 Å².